The van der Waals surface area contributed by atoms with Gasteiger partial charge in [0.05, 0.1) is 12.7 Å². The summed E-state index contributed by atoms with van der Waals surface area (Å²) in [5.41, 5.74) is 1.53. The van der Waals surface area contributed by atoms with E-state index in [4.69, 9.17) is 4.74 Å². The van der Waals surface area contributed by atoms with E-state index in [9.17, 15) is 4.79 Å². The fraction of sp³-hybridized carbons (Fsp3) is 0.273. The molecule has 0 atom stereocenters. The van der Waals surface area contributed by atoms with Gasteiger partial charge >= 0.3 is 0 Å². The lowest BCUT2D eigenvalue weighted by molar-refractivity contribution is 0.0743. The number of pyridine rings is 1. The van der Waals surface area contributed by atoms with Crippen molar-refractivity contribution in [3.05, 3.63) is 65.9 Å². The normalized spacial score (nSPS) is 13.8. The first-order valence-corrected chi connectivity index (χ1v) is 9.86. The molecule has 1 fully saturated rings. The van der Waals surface area contributed by atoms with E-state index in [2.05, 4.69) is 25.4 Å². The van der Waals surface area contributed by atoms with Crippen LogP contribution in [0.15, 0.2) is 54.6 Å². The van der Waals surface area contributed by atoms with E-state index in [1.807, 2.05) is 54.3 Å². The molecule has 2 aromatic heterocycles. The number of hydrogen-bond donors (Lipinski definition) is 1. The minimum atomic E-state index is -0.0108. The maximum Gasteiger partial charge on any atom is 0.257 e. The number of amides is 1. The van der Waals surface area contributed by atoms with E-state index in [1.54, 1.807) is 19.2 Å². The van der Waals surface area contributed by atoms with Gasteiger partial charge in [-0.05, 0) is 43.3 Å². The standard InChI is InChI=1S/C22H24N6O2/c1-16-6-5-9-19(23-16)24-20-10-11-21(26-25-20)27-12-14-28(15-13-27)22(29)17-7-3-4-8-18(17)30-2/h3-11H,12-15H2,1-2H3,(H,23,24,25). The van der Waals surface area contributed by atoms with Gasteiger partial charge in [0.25, 0.3) is 5.91 Å². The number of hydrogen-bond acceptors (Lipinski definition) is 7. The molecule has 0 aliphatic carbocycles. The molecule has 1 amide bonds. The van der Waals surface area contributed by atoms with Crippen molar-refractivity contribution < 1.29 is 9.53 Å². The summed E-state index contributed by atoms with van der Waals surface area (Å²) in [6.45, 7) is 4.57. The molecule has 4 rings (SSSR count). The number of aromatic nitrogens is 3. The summed E-state index contributed by atoms with van der Waals surface area (Å²) < 4.78 is 5.32. The number of aryl methyl sites for hydroxylation is 1. The van der Waals surface area contributed by atoms with Crippen LogP contribution in [0.4, 0.5) is 17.5 Å². The van der Waals surface area contributed by atoms with Gasteiger partial charge in [-0.1, -0.05) is 18.2 Å². The molecule has 3 aromatic rings. The lowest BCUT2D eigenvalue weighted by atomic mass is 10.1. The van der Waals surface area contributed by atoms with E-state index in [1.165, 1.54) is 0 Å². The number of piperazine rings is 1. The molecular formula is C22H24N6O2. The Balaban J connectivity index is 1.36. The number of rotatable bonds is 5. The summed E-state index contributed by atoms with van der Waals surface area (Å²) in [5.74, 6) is 2.76. The lowest BCUT2D eigenvalue weighted by Gasteiger charge is -2.35. The fourth-order valence-corrected chi connectivity index (χ4v) is 3.43. The number of carbonyl (C=O) groups is 1. The smallest absolute Gasteiger partial charge is 0.257 e. The zero-order chi connectivity index (χ0) is 20.9. The number of nitrogens with one attached hydrogen (secondary N) is 1. The van der Waals surface area contributed by atoms with Crippen LogP contribution in [0.2, 0.25) is 0 Å². The Morgan fingerprint density at radius 2 is 1.73 bits per heavy atom. The first kappa shape index (κ1) is 19.6. The molecule has 30 heavy (non-hydrogen) atoms. The first-order valence-electron chi connectivity index (χ1n) is 9.86. The molecule has 3 heterocycles. The Bertz CT molecular complexity index is 1020. The summed E-state index contributed by atoms with van der Waals surface area (Å²) in [6.07, 6.45) is 0. The van der Waals surface area contributed by atoms with Gasteiger partial charge in [0.15, 0.2) is 11.6 Å². The number of anilines is 3. The quantitative estimate of drug-likeness (QED) is 0.700. The predicted molar refractivity (Wildman–Crippen MR) is 115 cm³/mol. The van der Waals surface area contributed by atoms with Gasteiger partial charge in [-0.15, -0.1) is 10.2 Å². The zero-order valence-corrected chi connectivity index (χ0v) is 17.1. The van der Waals surface area contributed by atoms with E-state index in [0.717, 1.165) is 17.3 Å². The molecule has 0 radical (unpaired) electrons. The molecule has 1 aliphatic rings. The van der Waals surface area contributed by atoms with Crippen LogP contribution in [0.1, 0.15) is 16.1 Å². The summed E-state index contributed by atoms with van der Waals surface area (Å²) in [5, 5.41) is 11.8. The van der Waals surface area contributed by atoms with Crippen molar-refractivity contribution in [2.75, 3.05) is 43.5 Å². The molecule has 1 aliphatic heterocycles. The number of benzene rings is 1. The molecule has 8 nitrogen and oxygen atoms in total. The second kappa shape index (κ2) is 8.77. The Hall–Kier alpha value is -3.68. The Morgan fingerprint density at radius 1 is 0.933 bits per heavy atom. The highest BCUT2D eigenvalue weighted by molar-refractivity contribution is 5.97. The third-order valence-corrected chi connectivity index (χ3v) is 5.02. The summed E-state index contributed by atoms with van der Waals surface area (Å²) in [4.78, 5) is 21.2. The summed E-state index contributed by atoms with van der Waals surface area (Å²) in [7, 11) is 1.58. The average Bonchev–Trinajstić information content (AvgIpc) is 2.79. The topological polar surface area (TPSA) is 83.5 Å². The van der Waals surface area contributed by atoms with Crippen molar-refractivity contribution >= 4 is 23.4 Å². The second-order valence-corrected chi connectivity index (χ2v) is 7.05. The Kier molecular flexibility index (Phi) is 5.74. The third-order valence-electron chi connectivity index (χ3n) is 5.02. The molecule has 1 N–H and O–H groups in total. The number of ether oxygens (including phenoxy) is 1. The second-order valence-electron chi connectivity index (χ2n) is 7.05. The van der Waals surface area contributed by atoms with Crippen molar-refractivity contribution in [1.82, 2.24) is 20.1 Å². The largest absolute Gasteiger partial charge is 0.496 e. The van der Waals surface area contributed by atoms with Crippen molar-refractivity contribution in [1.29, 1.82) is 0 Å². The number of carbonyl (C=O) groups excluding carboxylic acids is 1. The average molecular weight is 404 g/mol. The predicted octanol–water partition coefficient (Wildman–Crippen LogP) is 2.89. The van der Waals surface area contributed by atoms with Gasteiger partial charge in [0.1, 0.15) is 11.6 Å². The van der Waals surface area contributed by atoms with Gasteiger partial charge in [-0.2, -0.15) is 0 Å². The van der Waals surface area contributed by atoms with E-state index < -0.39 is 0 Å². The van der Waals surface area contributed by atoms with Gasteiger partial charge in [-0.3, -0.25) is 4.79 Å². The van der Waals surface area contributed by atoms with Crippen LogP contribution in [0.25, 0.3) is 0 Å². The maximum absolute atomic E-state index is 12.9. The van der Waals surface area contributed by atoms with Crippen LogP contribution in [-0.2, 0) is 0 Å². The molecule has 8 heteroatoms. The minimum Gasteiger partial charge on any atom is -0.496 e. The van der Waals surface area contributed by atoms with E-state index >= 15 is 0 Å². The van der Waals surface area contributed by atoms with Crippen molar-refractivity contribution in [3.8, 4) is 5.75 Å². The molecule has 1 aromatic carbocycles. The van der Waals surface area contributed by atoms with Gasteiger partial charge in [0.2, 0.25) is 0 Å². The summed E-state index contributed by atoms with van der Waals surface area (Å²) in [6, 6.07) is 16.9. The molecule has 154 valence electrons. The van der Waals surface area contributed by atoms with Gasteiger partial charge < -0.3 is 19.9 Å². The van der Waals surface area contributed by atoms with Crippen LogP contribution in [0.5, 0.6) is 5.75 Å². The van der Waals surface area contributed by atoms with Crippen molar-refractivity contribution in [2.45, 2.75) is 6.92 Å². The molecular weight excluding hydrogens is 380 g/mol. The summed E-state index contributed by atoms with van der Waals surface area (Å²) >= 11 is 0. The highest BCUT2D eigenvalue weighted by atomic mass is 16.5. The van der Waals surface area contributed by atoms with Crippen LogP contribution in [0, 0.1) is 6.92 Å². The van der Waals surface area contributed by atoms with Gasteiger partial charge in [0, 0.05) is 31.9 Å². The lowest BCUT2D eigenvalue weighted by Crippen LogP contribution is -2.49. The van der Waals surface area contributed by atoms with Crippen LogP contribution in [-0.4, -0.2) is 59.3 Å². The Labute approximate surface area is 175 Å². The van der Waals surface area contributed by atoms with E-state index in [0.29, 0.717) is 43.3 Å². The molecule has 0 saturated carbocycles. The molecule has 1 saturated heterocycles. The van der Waals surface area contributed by atoms with Crippen LogP contribution < -0.4 is 15.0 Å². The number of para-hydroxylation sites is 1. The van der Waals surface area contributed by atoms with E-state index in [-0.39, 0.29) is 5.91 Å². The molecule has 0 bridgehead atoms. The fourth-order valence-electron chi connectivity index (χ4n) is 3.43. The Morgan fingerprint density at radius 3 is 2.43 bits per heavy atom. The van der Waals surface area contributed by atoms with Gasteiger partial charge in [-0.25, -0.2) is 4.98 Å². The monoisotopic (exact) mass is 404 g/mol. The third kappa shape index (κ3) is 4.32. The van der Waals surface area contributed by atoms with Crippen LogP contribution in [0.3, 0.4) is 0 Å². The highest BCUT2D eigenvalue weighted by Crippen LogP contribution is 2.21. The SMILES string of the molecule is COc1ccccc1C(=O)N1CCN(c2ccc(Nc3cccc(C)n3)nn2)CC1. The van der Waals surface area contributed by atoms with Crippen LogP contribution >= 0.6 is 0 Å². The number of nitrogens with zero attached hydrogens (tertiary/aromatic N) is 5. The number of methoxy groups -OCH3 is 1. The minimum absolute atomic E-state index is 0.0108. The molecule has 0 spiro atoms. The van der Waals surface area contributed by atoms with Crippen molar-refractivity contribution in [2.24, 2.45) is 0 Å². The van der Waals surface area contributed by atoms with Crippen molar-refractivity contribution in [3.63, 3.8) is 0 Å². The zero-order valence-electron chi connectivity index (χ0n) is 17.1. The maximum atomic E-state index is 12.9. The highest BCUT2D eigenvalue weighted by Gasteiger charge is 2.24. The molecule has 0 unspecified atom stereocenters. The first-order chi connectivity index (χ1) is 14.6.